The molecule has 1 aliphatic rings. The van der Waals surface area contributed by atoms with Crippen molar-refractivity contribution in [2.24, 2.45) is 5.92 Å². The molecule has 28 heavy (non-hydrogen) atoms. The highest BCUT2D eigenvalue weighted by molar-refractivity contribution is 5.83. The number of rotatable bonds is 2. The summed E-state index contributed by atoms with van der Waals surface area (Å²) in [6, 6.07) is 9.97. The molecule has 0 spiro atoms. The quantitative estimate of drug-likeness (QED) is 0.647. The summed E-state index contributed by atoms with van der Waals surface area (Å²) >= 11 is 0. The largest absolute Gasteiger partial charge is 0.345 e. The van der Waals surface area contributed by atoms with Gasteiger partial charge < -0.3 is 4.90 Å². The van der Waals surface area contributed by atoms with Crippen LogP contribution in [0, 0.1) is 17.8 Å². The van der Waals surface area contributed by atoms with Crippen LogP contribution in [0.5, 0.6) is 0 Å². The second-order valence-electron chi connectivity index (χ2n) is 7.04. The fourth-order valence-corrected chi connectivity index (χ4v) is 3.34. The number of fused-ring (bicyclic) bond motifs is 1. The van der Waals surface area contributed by atoms with Crippen molar-refractivity contribution in [3.8, 4) is 23.2 Å². The number of hydrogen-bond donors (Lipinski definition) is 0. The fourth-order valence-electron chi connectivity index (χ4n) is 3.34. The van der Waals surface area contributed by atoms with Gasteiger partial charge in [0.1, 0.15) is 17.4 Å². The van der Waals surface area contributed by atoms with Gasteiger partial charge in [0.2, 0.25) is 5.91 Å². The Hall–Kier alpha value is -3.39. The maximum atomic E-state index is 12.1. The molecule has 3 aromatic rings. The fraction of sp³-hybridized carbons (Fsp3) is 0.261. The second kappa shape index (κ2) is 7.32. The van der Waals surface area contributed by atoms with Crippen molar-refractivity contribution in [2.45, 2.75) is 20.3 Å². The van der Waals surface area contributed by atoms with E-state index in [1.54, 1.807) is 11.1 Å². The van der Waals surface area contributed by atoms with E-state index in [9.17, 15) is 4.79 Å². The zero-order chi connectivity index (χ0) is 19.7. The molecular formula is C23H22N4O. The Bertz CT molecular complexity index is 1150. The van der Waals surface area contributed by atoms with Crippen molar-refractivity contribution in [2.75, 3.05) is 13.6 Å². The van der Waals surface area contributed by atoms with Crippen LogP contribution in [0.15, 0.2) is 48.8 Å². The number of imidazole rings is 1. The van der Waals surface area contributed by atoms with Gasteiger partial charge in [0.25, 0.3) is 0 Å². The minimum Gasteiger partial charge on any atom is -0.345 e. The van der Waals surface area contributed by atoms with Crippen LogP contribution in [0.2, 0.25) is 0 Å². The maximum Gasteiger partial charge on any atom is 0.237 e. The summed E-state index contributed by atoms with van der Waals surface area (Å²) in [6.45, 7) is 4.82. The van der Waals surface area contributed by atoms with Gasteiger partial charge in [-0.05, 0) is 38.0 Å². The predicted molar refractivity (Wildman–Crippen MR) is 110 cm³/mol. The number of carbonyl (C=O) groups excluding carboxylic acids is 1. The highest BCUT2D eigenvalue weighted by Gasteiger charge is 2.27. The van der Waals surface area contributed by atoms with Crippen LogP contribution in [0.25, 0.3) is 22.6 Å². The molecule has 0 aliphatic carbocycles. The molecule has 1 aliphatic heterocycles. The van der Waals surface area contributed by atoms with E-state index in [0.29, 0.717) is 0 Å². The molecule has 140 valence electrons. The Labute approximate surface area is 164 Å². The first-order valence-electron chi connectivity index (χ1n) is 9.41. The van der Waals surface area contributed by atoms with Gasteiger partial charge in [0, 0.05) is 43.2 Å². The van der Waals surface area contributed by atoms with E-state index < -0.39 is 0 Å². The lowest BCUT2D eigenvalue weighted by Gasteiger charge is -2.09. The molecule has 4 rings (SSSR count). The molecule has 0 unspecified atom stereocenters. The normalized spacial score (nSPS) is 17.1. The SMILES string of the molecule is C/C=C(/C)c1cc2nccn2c(-c2cccc(C#C[C@H]3CCN(C)C3=O)c2)n1. The van der Waals surface area contributed by atoms with Gasteiger partial charge in [-0.3, -0.25) is 9.20 Å². The molecule has 0 radical (unpaired) electrons. The standard InChI is InChI=1S/C23H22N4O/c1-4-16(2)20-15-21-24-11-13-27(21)22(25-20)19-7-5-6-17(14-19)8-9-18-10-12-26(3)23(18)28/h4-7,11,13-15,18H,10,12H2,1-3H3/b16-4-/t18-/m0/s1. The van der Waals surface area contributed by atoms with Crippen LogP contribution < -0.4 is 0 Å². The number of likely N-dealkylation sites (tertiary alicyclic amines) is 1. The van der Waals surface area contributed by atoms with Crippen LogP contribution in [-0.4, -0.2) is 38.8 Å². The molecule has 3 heterocycles. The molecule has 2 aromatic heterocycles. The van der Waals surface area contributed by atoms with E-state index in [-0.39, 0.29) is 11.8 Å². The summed E-state index contributed by atoms with van der Waals surface area (Å²) in [4.78, 5) is 23.1. The van der Waals surface area contributed by atoms with Crippen molar-refractivity contribution < 1.29 is 4.79 Å². The van der Waals surface area contributed by atoms with Gasteiger partial charge in [-0.2, -0.15) is 0 Å². The maximum absolute atomic E-state index is 12.1. The van der Waals surface area contributed by atoms with E-state index in [1.807, 2.05) is 67.9 Å². The lowest BCUT2D eigenvalue weighted by molar-refractivity contribution is -0.128. The van der Waals surface area contributed by atoms with Gasteiger partial charge in [-0.1, -0.05) is 30.0 Å². The van der Waals surface area contributed by atoms with Crippen molar-refractivity contribution in [3.05, 3.63) is 60.1 Å². The minimum atomic E-state index is -0.201. The van der Waals surface area contributed by atoms with E-state index in [2.05, 4.69) is 16.8 Å². The molecule has 5 nitrogen and oxygen atoms in total. The first-order valence-corrected chi connectivity index (χ1v) is 9.41. The smallest absolute Gasteiger partial charge is 0.237 e. The third-order valence-corrected chi connectivity index (χ3v) is 5.17. The van der Waals surface area contributed by atoms with Gasteiger partial charge in [-0.15, -0.1) is 0 Å². The van der Waals surface area contributed by atoms with E-state index >= 15 is 0 Å². The third-order valence-electron chi connectivity index (χ3n) is 5.17. The van der Waals surface area contributed by atoms with Crippen LogP contribution in [0.4, 0.5) is 0 Å². The van der Waals surface area contributed by atoms with Gasteiger partial charge in [0.15, 0.2) is 0 Å². The van der Waals surface area contributed by atoms with Crippen molar-refractivity contribution >= 4 is 17.1 Å². The molecule has 0 saturated carbocycles. The van der Waals surface area contributed by atoms with Crippen LogP contribution in [0.3, 0.4) is 0 Å². The molecule has 0 bridgehead atoms. The van der Waals surface area contributed by atoms with E-state index in [1.165, 1.54) is 0 Å². The van der Waals surface area contributed by atoms with Crippen molar-refractivity contribution in [3.63, 3.8) is 0 Å². The summed E-state index contributed by atoms with van der Waals surface area (Å²) in [6.07, 6.45) is 6.53. The number of benzene rings is 1. The van der Waals surface area contributed by atoms with E-state index in [4.69, 9.17) is 4.98 Å². The Balaban J connectivity index is 1.74. The van der Waals surface area contributed by atoms with Crippen molar-refractivity contribution in [1.82, 2.24) is 19.3 Å². The average molecular weight is 370 g/mol. The number of amides is 1. The molecule has 1 amide bonds. The Morgan fingerprint density at radius 3 is 2.93 bits per heavy atom. The Kier molecular flexibility index (Phi) is 4.70. The molecule has 5 heteroatoms. The van der Waals surface area contributed by atoms with Gasteiger partial charge in [0.05, 0.1) is 5.69 Å². The number of aromatic nitrogens is 3. The zero-order valence-corrected chi connectivity index (χ0v) is 16.3. The molecule has 1 aromatic carbocycles. The molecule has 1 saturated heterocycles. The number of nitrogens with zero attached hydrogens (tertiary/aromatic N) is 4. The lowest BCUT2D eigenvalue weighted by atomic mass is 10.1. The first kappa shape index (κ1) is 18.0. The van der Waals surface area contributed by atoms with Gasteiger partial charge in [-0.25, -0.2) is 9.97 Å². The second-order valence-corrected chi connectivity index (χ2v) is 7.04. The molecule has 1 atom stereocenters. The number of allylic oxidation sites excluding steroid dienone is 2. The highest BCUT2D eigenvalue weighted by atomic mass is 16.2. The monoisotopic (exact) mass is 370 g/mol. The summed E-state index contributed by atoms with van der Waals surface area (Å²) in [5.74, 6) is 7.05. The Morgan fingerprint density at radius 1 is 1.32 bits per heavy atom. The highest BCUT2D eigenvalue weighted by Crippen LogP contribution is 2.23. The van der Waals surface area contributed by atoms with Crippen LogP contribution >= 0.6 is 0 Å². The number of hydrogen-bond acceptors (Lipinski definition) is 3. The van der Waals surface area contributed by atoms with Crippen LogP contribution in [0.1, 0.15) is 31.5 Å². The Morgan fingerprint density at radius 2 is 2.18 bits per heavy atom. The van der Waals surface area contributed by atoms with Crippen LogP contribution in [-0.2, 0) is 4.79 Å². The molecule has 1 fully saturated rings. The van der Waals surface area contributed by atoms with E-state index in [0.717, 1.165) is 46.8 Å². The third kappa shape index (κ3) is 3.29. The summed E-state index contributed by atoms with van der Waals surface area (Å²) < 4.78 is 1.98. The van der Waals surface area contributed by atoms with Gasteiger partial charge >= 0.3 is 0 Å². The number of carbonyl (C=O) groups is 1. The molecular weight excluding hydrogens is 348 g/mol. The zero-order valence-electron chi connectivity index (χ0n) is 16.3. The average Bonchev–Trinajstić information content (AvgIpc) is 3.32. The lowest BCUT2D eigenvalue weighted by Crippen LogP contribution is -2.21. The first-order chi connectivity index (χ1) is 13.6. The van der Waals surface area contributed by atoms with Crippen molar-refractivity contribution in [1.29, 1.82) is 0 Å². The predicted octanol–water partition coefficient (Wildman–Crippen LogP) is 3.65. The minimum absolute atomic E-state index is 0.111. The molecule has 0 N–H and O–H groups in total. The summed E-state index contributed by atoms with van der Waals surface area (Å²) in [7, 11) is 1.83. The summed E-state index contributed by atoms with van der Waals surface area (Å²) in [5, 5.41) is 0. The summed E-state index contributed by atoms with van der Waals surface area (Å²) in [5.41, 5.74) is 4.72. The topological polar surface area (TPSA) is 50.5 Å².